The first-order valence-corrected chi connectivity index (χ1v) is 12.4. The molecule has 3 aromatic heterocycles. The standard InChI is InChI=1S/C28H27F4N5O/c1-18-3-9-26-34-19(2)27(37(26)17-18)24(38)8-5-20-4-7-23(22(29)15-20)35-11-13-36(14-12-35)25-10-6-21(16-33-25)28(30,31)32/h3-4,6-7,9-10,15-17H,5,8,11-14H2,1-2H3. The van der Waals surface area contributed by atoms with E-state index in [4.69, 9.17) is 0 Å². The summed E-state index contributed by atoms with van der Waals surface area (Å²) in [4.78, 5) is 25.2. The van der Waals surface area contributed by atoms with Gasteiger partial charge >= 0.3 is 6.18 Å². The number of halogens is 4. The maximum absolute atomic E-state index is 15.1. The summed E-state index contributed by atoms with van der Waals surface area (Å²) in [6, 6.07) is 11.3. The lowest BCUT2D eigenvalue weighted by molar-refractivity contribution is -0.137. The Hall–Kier alpha value is -3.95. The van der Waals surface area contributed by atoms with Gasteiger partial charge in [-0.2, -0.15) is 13.2 Å². The van der Waals surface area contributed by atoms with Crippen LogP contribution in [0, 0.1) is 19.7 Å². The molecular formula is C28H27F4N5O. The lowest BCUT2D eigenvalue weighted by atomic mass is 10.0. The highest BCUT2D eigenvalue weighted by atomic mass is 19.4. The van der Waals surface area contributed by atoms with Crippen molar-refractivity contribution < 1.29 is 22.4 Å². The van der Waals surface area contributed by atoms with E-state index < -0.39 is 11.7 Å². The molecule has 1 aliphatic rings. The van der Waals surface area contributed by atoms with Crippen molar-refractivity contribution in [3.05, 3.63) is 88.8 Å². The van der Waals surface area contributed by atoms with E-state index in [2.05, 4.69) is 9.97 Å². The third-order valence-corrected chi connectivity index (χ3v) is 6.88. The van der Waals surface area contributed by atoms with Crippen molar-refractivity contribution in [3.8, 4) is 0 Å². The predicted molar refractivity (Wildman–Crippen MR) is 137 cm³/mol. The zero-order chi connectivity index (χ0) is 27.0. The van der Waals surface area contributed by atoms with Crippen LogP contribution in [0.5, 0.6) is 0 Å². The van der Waals surface area contributed by atoms with Crippen LogP contribution in [0.3, 0.4) is 0 Å². The highest BCUT2D eigenvalue weighted by Gasteiger charge is 2.31. The van der Waals surface area contributed by atoms with Gasteiger partial charge in [-0.1, -0.05) is 12.1 Å². The van der Waals surface area contributed by atoms with Crippen LogP contribution in [0.2, 0.25) is 0 Å². The zero-order valence-corrected chi connectivity index (χ0v) is 21.1. The largest absolute Gasteiger partial charge is 0.417 e. The molecule has 1 fully saturated rings. The summed E-state index contributed by atoms with van der Waals surface area (Å²) in [7, 11) is 0. The molecule has 0 unspecified atom stereocenters. The van der Waals surface area contributed by atoms with Crippen molar-refractivity contribution >= 4 is 22.9 Å². The van der Waals surface area contributed by atoms with E-state index in [0.717, 1.165) is 29.0 Å². The molecule has 4 heterocycles. The Morgan fingerprint density at radius 3 is 2.37 bits per heavy atom. The second-order valence-electron chi connectivity index (χ2n) is 9.57. The molecule has 1 aromatic carbocycles. The molecule has 4 aromatic rings. The molecule has 0 atom stereocenters. The Balaban J connectivity index is 1.20. The van der Waals surface area contributed by atoms with Gasteiger partial charge in [0.15, 0.2) is 5.78 Å². The number of imidazole rings is 1. The molecule has 1 aliphatic heterocycles. The summed E-state index contributed by atoms with van der Waals surface area (Å²) in [5, 5.41) is 0. The molecule has 0 N–H and O–H groups in total. The van der Waals surface area contributed by atoms with Gasteiger partial charge < -0.3 is 9.80 Å². The zero-order valence-electron chi connectivity index (χ0n) is 21.1. The lowest BCUT2D eigenvalue weighted by Crippen LogP contribution is -2.47. The summed E-state index contributed by atoms with van der Waals surface area (Å²) >= 11 is 0. The third-order valence-electron chi connectivity index (χ3n) is 6.88. The van der Waals surface area contributed by atoms with Crippen molar-refractivity contribution in [2.75, 3.05) is 36.0 Å². The van der Waals surface area contributed by atoms with Crippen LogP contribution in [-0.2, 0) is 12.6 Å². The quantitative estimate of drug-likeness (QED) is 0.241. The topological polar surface area (TPSA) is 53.7 Å². The summed E-state index contributed by atoms with van der Waals surface area (Å²) in [6.45, 7) is 5.80. The first-order chi connectivity index (χ1) is 18.1. The van der Waals surface area contributed by atoms with Crippen LogP contribution in [-0.4, -0.2) is 46.3 Å². The summed E-state index contributed by atoms with van der Waals surface area (Å²) in [6.07, 6.45) is -1.05. The molecule has 0 amide bonds. The smallest absolute Gasteiger partial charge is 0.366 e. The van der Waals surface area contributed by atoms with E-state index in [9.17, 15) is 18.0 Å². The van der Waals surface area contributed by atoms with Gasteiger partial charge in [0.2, 0.25) is 0 Å². The van der Waals surface area contributed by atoms with Gasteiger partial charge in [0.25, 0.3) is 0 Å². The van der Waals surface area contributed by atoms with Gasteiger partial charge in [0, 0.05) is 45.0 Å². The molecule has 0 bridgehead atoms. The maximum Gasteiger partial charge on any atom is 0.417 e. The highest BCUT2D eigenvalue weighted by Crippen LogP contribution is 2.30. The number of alkyl halides is 3. The van der Waals surface area contributed by atoms with Crippen molar-refractivity contribution in [1.29, 1.82) is 0 Å². The van der Waals surface area contributed by atoms with E-state index >= 15 is 4.39 Å². The Morgan fingerprint density at radius 2 is 1.71 bits per heavy atom. The molecule has 198 valence electrons. The fourth-order valence-corrected chi connectivity index (χ4v) is 4.86. The monoisotopic (exact) mass is 525 g/mol. The molecule has 1 saturated heterocycles. The first kappa shape index (κ1) is 25.7. The second-order valence-corrected chi connectivity index (χ2v) is 9.57. The fourth-order valence-electron chi connectivity index (χ4n) is 4.86. The Bertz CT molecular complexity index is 1470. The van der Waals surface area contributed by atoms with Gasteiger partial charge in [-0.3, -0.25) is 9.20 Å². The molecule has 10 heteroatoms. The van der Waals surface area contributed by atoms with E-state index in [0.29, 0.717) is 55.5 Å². The first-order valence-electron chi connectivity index (χ1n) is 12.4. The lowest BCUT2D eigenvalue weighted by Gasteiger charge is -2.37. The van der Waals surface area contributed by atoms with Crippen LogP contribution in [0.4, 0.5) is 29.1 Å². The Labute approximate surface area is 217 Å². The van der Waals surface area contributed by atoms with Gasteiger partial charge in [0.1, 0.15) is 23.0 Å². The Morgan fingerprint density at radius 1 is 0.974 bits per heavy atom. The number of Topliss-reactive ketones (excluding diaryl/α,β-unsaturated/α-hetero) is 1. The number of ketones is 1. The third kappa shape index (κ3) is 5.20. The minimum absolute atomic E-state index is 0.0434. The van der Waals surface area contributed by atoms with E-state index in [1.165, 1.54) is 12.1 Å². The average molecular weight is 526 g/mol. The maximum atomic E-state index is 15.1. The molecule has 38 heavy (non-hydrogen) atoms. The molecule has 6 nitrogen and oxygen atoms in total. The van der Waals surface area contributed by atoms with E-state index in [1.54, 1.807) is 6.07 Å². The normalized spacial score (nSPS) is 14.4. The number of anilines is 2. The van der Waals surface area contributed by atoms with Crippen molar-refractivity contribution in [2.24, 2.45) is 0 Å². The summed E-state index contributed by atoms with van der Waals surface area (Å²) < 4.78 is 55.2. The molecular weight excluding hydrogens is 498 g/mol. The number of benzene rings is 1. The van der Waals surface area contributed by atoms with Crippen molar-refractivity contribution in [3.63, 3.8) is 0 Å². The Kier molecular flexibility index (Phi) is 6.81. The number of pyridine rings is 2. The number of aromatic nitrogens is 3. The number of nitrogens with zero attached hydrogens (tertiary/aromatic N) is 5. The highest BCUT2D eigenvalue weighted by molar-refractivity contribution is 5.96. The number of hydrogen-bond acceptors (Lipinski definition) is 5. The number of hydrogen-bond donors (Lipinski definition) is 0. The molecule has 0 radical (unpaired) electrons. The predicted octanol–water partition coefficient (Wildman–Crippen LogP) is 5.65. The van der Waals surface area contributed by atoms with Crippen LogP contribution in [0.1, 0.15) is 39.3 Å². The summed E-state index contributed by atoms with van der Waals surface area (Å²) in [5.74, 6) is 0.0604. The van der Waals surface area contributed by atoms with Gasteiger partial charge in [-0.25, -0.2) is 14.4 Å². The minimum Gasteiger partial charge on any atom is -0.366 e. The average Bonchev–Trinajstić information content (AvgIpc) is 3.22. The van der Waals surface area contributed by atoms with Gasteiger partial charge in [-0.15, -0.1) is 0 Å². The second kappa shape index (κ2) is 10.1. The fraction of sp³-hybridized carbons (Fsp3) is 0.321. The SMILES string of the molecule is Cc1ccc2nc(C)c(C(=O)CCc3ccc(N4CCN(c5ccc(C(F)(F)F)cn5)CC4)c(F)c3)n2c1. The number of rotatable bonds is 6. The number of aryl methyl sites for hydroxylation is 3. The number of fused-ring (bicyclic) bond motifs is 1. The number of carbonyl (C=O) groups is 1. The van der Waals surface area contributed by atoms with Crippen LogP contribution in [0.25, 0.3) is 5.65 Å². The molecule has 0 saturated carbocycles. The molecule has 0 aliphatic carbocycles. The number of carbonyl (C=O) groups excluding carboxylic acids is 1. The van der Waals surface area contributed by atoms with Crippen molar-refractivity contribution in [1.82, 2.24) is 14.4 Å². The minimum atomic E-state index is -4.42. The summed E-state index contributed by atoms with van der Waals surface area (Å²) in [5.41, 5.74) is 3.39. The van der Waals surface area contributed by atoms with Crippen LogP contribution >= 0.6 is 0 Å². The van der Waals surface area contributed by atoms with Crippen LogP contribution < -0.4 is 9.80 Å². The van der Waals surface area contributed by atoms with E-state index in [1.807, 2.05) is 52.4 Å². The molecule has 0 spiro atoms. The van der Waals surface area contributed by atoms with Gasteiger partial charge in [-0.05, 0) is 61.7 Å². The van der Waals surface area contributed by atoms with Crippen LogP contribution in [0.15, 0.2) is 54.9 Å². The van der Waals surface area contributed by atoms with E-state index in [-0.39, 0.29) is 18.0 Å². The van der Waals surface area contributed by atoms with Crippen molar-refractivity contribution in [2.45, 2.75) is 32.9 Å². The number of piperazine rings is 1. The van der Waals surface area contributed by atoms with Gasteiger partial charge in [0.05, 0.1) is 16.9 Å². The molecule has 5 rings (SSSR count).